The Morgan fingerprint density at radius 1 is 1.17 bits per heavy atom. The summed E-state index contributed by atoms with van der Waals surface area (Å²) >= 11 is 6.16. The Morgan fingerprint density at radius 2 is 1.97 bits per heavy atom. The van der Waals surface area contributed by atoms with Crippen LogP contribution in [-0.4, -0.2) is 21.7 Å². The fourth-order valence-corrected chi connectivity index (χ4v) is 5.10. The molecule has 4 nitrogen and oxygen atoms in total. The van der Waals surface area contributed by atoms with Crippen molar-refractivity contribution in [3.8, 4) is 0 Å². The molecule has 1 aliphatic rings. The van der Waals surface area contributed by atoms with Gasteiger partial charge in [-0.15, -0.1) is 0 Å². The number of nitrogens with one attached hydrogen (secondary N) is 1. The molecule has 1 saturated carbocycles. The van der Waals surface area contributed by atoms with Gasteiger partial charge in [-0.2, -0.15) is 0 Å². The van der Waals surface area contributed by atoms with Crippen molar-refractivity contribution in [3.63, 3.8) is 0 Å². The van der Waals surface area contributed by atoms with E-state index >= 15 is 0 Å². The summed E-state index contributed by atoms with van der Waals surface area (Å²) in [4.78, 5) is 12.4. The minimum absolute atomic E-state index is 0.361. The second kappa shape index (κ2) is 8.83. The number of hydrogen-bond acceptors (Lipinski definition) is 2. The van der Waals surface area contributed by atoms with Crippen LogP contribution in [0.3, 0.4) is 0 Å². The lowest BCUT2D eigenvalue weighted by molar-refractivity contribution is 0.0684. The number of nitrogens with zero attached hydrogens (tertiary/aromatic N) is 1. The Morgan fingerprint density at radius 3 is 2.73 bits per heavy atom. The molecule has 1 aliphatic carbocycles. The standard InChI is InChI=1S/C25H29ClN2O2/c1-16-7-5-11-22(17(16)2)27-14-21-20-10-3-4-12-23(20)28(24(21)25(29)30)15-18-8-6-9-19(26)13-18/h3-4,6,8-10,12-13,16-17,22,27H,5,7,11,14-15H2,1-2H3,(H,29,30)/t16-,17-,22-/m1/s1. The largest absolute Gasteiger partial charge is 0.477 e. The summed E-state index contributed by atoms with van der Waals surface area (Å²) in [7, 11) is 0. The molecule has 0 amide bonds. The van der Waals surface area contributed by atoms with Gasteiger partial charge in [-0.1, -0.05) is 68.6 Å². The summed E-state index contributed by atoms with van der Waals surface area (Å²) in [5.74, 6) is 0.390. The molecule has 2 aromatic carbocycles. The highest BCUT2D eigenvalue weighted by molar-refractivity contribution is 6.30. The minimum atomic E-state index is -0.893. The topological polar surface area (TPSA) is 54.3 Å². The number of para-hydroxylation sites is 1. The average molecular weight is 425 g/mol. The molecular formula is C25H29ClN2O2. The molecule has 3 aromatic rings. The minimum Gasteiger partial charge on any atom is -0.477 e. The van der Waals surface area contributed by atoms with Gasteiger partial charge < -0.3 is 15.0 Å². The molecule has 30 heavy (non-hydrogen) atoms. The third-order valence-corrected chi connectivity index (χ3v) is 6.99. The molecule has 3 atom stereocenters. The van der Waals surface area contributed by atoms with Gasteiger partial charge in [0.05, 0.1) is 0 Å². The number of fused-ring (bicyclic) bond motifs is 1. The second-order valence-corrected chi connectivity index (χ2v) is 9.06. The van der Waals surface area contributed by atoms with E-state index in [-0.39, 0.29) is 0 Å². The first kappa shape index (κ1) is 21.0. The van der Waals surface area contributed by atoms with E-state index < -0.39 is 5.97 Å². The smallest absolute Gasteiger partial charge is 0.352 e. The van der Waals surface area contributed by atoms with E-state index in [4.69, 9.17) is 11.6 Å². The fourth-order valence-electron chi connectivity index (χ4n) is 4.88. The number of rotatable bonds is 6. The van der Waals surface area contributed by atoms with Gasteiger partial charge in [0.15, 0.2) is 0 Å². The summed E-state index contributed by atoms with van der Waals surface area (Å²) in [6.45, 7) is 5.66. The van der Waals surface area contributed by atoms with Gasteiger partial charge in [-0.05, 0) is 42.0 Å². The normalized spacial score (nSPS) is 21.8. The molecule has 2 N–H and O–H groups in total. The molecule has 0 unspecified atom stereocenters. The maximum Gasteiger partial charge on any atom is 0.352 e. The van der Waals surface area contributed by atoms with Crippen molar-refractivity contribution >= 4 is 28.5 Å². The second-order valence-electron chi connectivity index (χ2n) is 8.62. The number of aromatic nitrogens is 1. The van der Waals surface area contributed by atoms with Crippen molar-refractivity contribution in [2.45, 2.75) is 52.2 Å². The molecule has 158 valence electrons. The number of carbonyl (C=O) groups is 1. The van der Waals surface area contributed by atoms with Crippen molar-refractivity contribution in [1.29, 1.82) is 0 Å². The summed E-state index contributed by atoms with van der Waals surface area (Å²) < 4.78 is 1.91. The first-order chi connectivity index (χ1) is 14.5. The van der Waals surface area contributed by atoms with Crippen LogP contribution in [0.5, 0.6) is 0 Å². The van der Waals surface area contributed by atoms with E-state index in [1.165, 1.54) is 12.8 Å². The first-order valence-electron chi connectivity index (χ1n) is 10.8. The van der Waals surface area contributed by atoms with Crippen molar-refractivity contribution in [2.75, 3.05) is 0 Å². The summed E-state index contributed by atoms with van der Waals surface area (Å²) in [6.07, 6.45) is 3.65. The summed E-state index contributed by atoms with van der Waals surface area (Å²) in [6, 6.07) is 16.0. The molecule has 1 heterocycles. The van der Waals surface area contributed by atoms with Crippen LogP contribution in [0.25, 0.3) is 10.9 Å². The predicted octanol–water partition coefficient (Wildman–Crippen LogP) is 5.96. The van der Waals surface area contributed by atoms with E-state index in [1.807, 2.05) is 53.1 Å². The Bertz CT molecular complexity index is 1060. The highest BCUT2D eigenvalue weighted by Gasteiger charge is 2.28. The molecule has 0 bridgehead atoms. The van der Waals surface area contributed by atoms with Crippen LogP contribution in [0.1, 0.15) is 54.7 Å². The number of benzene rings is 2. The number of carboxylic acid groups (broad SMARTS) is 1. The molecule has 0 radical (unpaired) electrons. The van der Waals surface area contributed by atoms with Gasteiger partial charge in [0.1, 0.15) is 5.69 Å². The fraction of sp³-hybridized carbons (Fsp3) is 0.400. The molecule has 0 aliphatic heterocycles. The quantitative estimate of drug-likeness (QED) is 0.513. The van der Waals surface area contributed by atoms with Gasteiger partial charge in [-0.3, -0.25) is 0 Å². The molecule has 1 aromatic heterocycles. The van der Waals surface area contributed by atoms with Gasteiger partial charge in [0, 0.05) is 40.6 Å². The van der Waals surface area contributed by atoms with Crippen LogP contribution in [0.4, 0.5) is 0 Å². The Balaban J connectivity index is 1.72. The molecular weight excluding hydrogens is 396 g/mol. The number of hydrogen-bond donors (Lipinski definition) is 2. The van der Waals surface area contributed by atoms with Gasteiger partial charge in [-0.25, -0.2) is 4.79 Å². The highest BCUT2D eigenvalue weighted by Crippen LogP contribution is 2.32. The Labute approximate surface area is 182 Å². The summed E-state index contributed by atoms with van der Waals surface area (Å²) in [5, 5.41) is 15.5. The van der Waals surface area contributed by atoms with E-state index in [0.717, 1.165) is 28.5 Å². The average Bonchev–Trinajstić information content (AvgIpc) is 3.03. The van der Waals surface area contributed by atoms with Crippen molar-refractivity contribution in [3.05, 3.63) is 70.4 Å². The van der Waals surface area contributed by atoms with Crippen LogP contribution in [-0.2, 0) is 13.1 Å². The van der Waals surface area contributed by atoms with Crippen LogP contribution < -0.4 is 5.32 Å². The molecule has 4 rings (SSSR count). The third kappa shape index (κ3) is 4.12. The van der Waals surface area contributed by atoms with Crippen molar-refractivity contribution in [2.24, 2.45) is 11.8 Å². The zero-order valence-corrected chi connectivity index (χ0v) is 18.3. The van der Waals surface area contributed by atoms with E-state index in [1.54, 1.807) is 0 Å². The molecule has 5 heteroatoms. The molecule has 0 saturated heterocycles. The zero-order chi connectivity index (χ0) is 21.3. The number of halogens is 1. The molecule has 1 fully saturated rings. The van der Waals surface area contributed by atoms with E-state index in [9.17, 15) is 9.90 Å². The van der Waals surface area contributed by atoms with Crippen LogP contribution in [0.15, 0.2) is 48.5 Å². The maximum atomic E-state index is 12.4. The van der Waals surface area contributed by atoms with E-state index in [2.05, 4.69) is 19.2 Å². The van der Waals surface area contributed by atoms with E-state index in [0.29, 0.717) is 41.7 Å². The van der Waals surface area contributed by atoms with Gasteiger partial charge in [0.2, 0.25) is 0 Å². The predicted molar refractivity (Wildman–Crippen MR) is 122 cm³/mol. The Kier molecular flexibility index (Phi) is 6.16. The third-order valence-electron chi connectivity index (χ3n) is 6.76. The van der Waals surface area contributed by atoms with Crippen molar-refractivity contribution in [1.82, 2.24) is 9.88 Å². The van der Waals surface area contributed by atoms with Crippen LogP contribution in [0, 0.1) is 11.8 Å². The number of carboxylic acids is 1. The SMILES string of the molecule is C[C@@H]1[C@H](C)CCC[C@H]1NCc1c(C(=O)O)n(Cc2cccc(Cl)c2)c2ccccc12. The lowest BCUT2D eigenvalue weighted by Gasteiger charge is -2.34. The maximum absolute atomic E-state index is 12.4. The van der Waals surface area contributed by atoms with Crippen LogP contribution in [0.2, 0.25) is 5.02 Å². The van der Waals surface area contributed by atoms with Crippen molar-refractivity contribution < 1.29 is 9.90 Å². The zero-order valence-electron chi connectivity index (χ0n) is 17.6. The summed E-state index contributed by atoms with van der Waals surface area (Å²) in [5.41, 5.74) is 3.16. The first-order valence-corrected chi connectivity index (χ1v) is 11.1. The highest BCUT2D eigenvalue weighted by atomic mass is 35.5. The Hall–Kier alpha value is -2.30. The van der Waals surface area contributed by atoms with Gasteiger partial charge >= 0.3 is 5.97 Å². The van der Waals surface area contributed by atoms with Crippen LogP contribution >= 0.6 is 11.6 Å². The molecule has 0 spiro atoms. The van der Waals surface area contributed by atoms with Gasteiger partial charge in [0.25, 0.3) is 0 Å². The monoisotopic (exact) mass is 424 g/mol. The lowest BCUT2D eigenvalue weighted by Crippen LogP contribution is -2.40. The number of aromatic carboxylic acids is 1. The lowest BCUT2D eigenvalue weighted by atomic mass is 9.78.